The van der Waals surface area contributed by atoms with E-state index in [1.807, 2.05) is 29.8 Å². The molecule has 0 saturated carbocycles. The minimum Gasteiger partial charge on any atom is -0.336 e. The molecule has 3 rings (SSSR count). The molecule has 0 aliphatic carbocycles. The van der Waals surface area contributed by atoms with Gasteiger partial charge in [-0.15, -0.1) is 0 Å². The van der Waals surface area contributed by atoms with Gasteiger partial charge in [0.2, 0.25) is 5.91 Å². The third kappa shape index (κ3) is 3.56. The molecule has 2 aromatic rings. The SMILES string of the molecule is CC(C)c1ccccc1-n1ccnc1S[C@@H](C)C(=O)N1CCNC1=O. The lowest BCUT2D eigenvalue weighted by molar-refractivity contribution is -0.126. The Morgan fingerprint density at radius 1 is 1.28 bits per heavy atom. The highest BCUT2D eigenvalue weighted by Gasteiger charge is 2.31. The van der Waals surface area contributed by atoms with E-state index in [1.54, 1.807) is 6.20 Å². The van der Waals surface area contributed by atoms with Crippen molar-refractivity contribution in [3.05, 3.63) is 42.2 Å². The number of aromatic nitrogens is 2. The van der Waals surface area contributed by atoms with Crippen LogP contribution in [-0.2, 0) is 4.79 Å². The van der Waals surface area contributed by atoms with Crippen LogP contribution in [0.1, 0.15) is 32.3 Å². The molecule has 25 heavy (non-hydrogen) atoms. The number of thioether (sulfide) groups is 1. The van der Waals surface area contributed by atoms with E-state index in [2.05, 4.69) is 36.3 Å². The lowest BCUT2D eigenvalue weighted by Gasteiger charge is -2.19. The van der Waals surface area contributed by atoms with Crippen LogP contribution in [0.15, 0.2) is 41.8 Å². The summed E-state index contributed by atoms with van der Waals surface area (Å²) in [6.45, 7) is 7.05. The monoisotopic (exact) mass is 358 g/mol. The topological polar surface area (TPSA) is 67.2 Å². The number of rotatable bonds is 5. The van der Waals surface area contributed by atoms with Gasteiger partial charge in [0.05, 0.1) is 10.9 Å². The highest BCUT2D eigenvalue weighted by atomic mass is 32.2. The second-order valence-corrected chi connectivity index (χ2v) is 7.58. The zero-order valence-corrected chi connectivity index (χ0v) is 15.4. The van der Waals surface area contributed by atoms with Gasteiger partial charge in [-0.25, -0.2) is 9.78 Å². The van der Waals surface area contributed by atoms with Crippen LogP contribution in [0.25, 0.3) is 5.69 Å². The minimum atomic E-state index is -0.392. The van der Waals surface area contributed by atoms with Gasteiger partial charge in [0.15, 0.2) is 5.16 Å². The summed E-state index contributed by atoms with van der Waals surface area (Å²) in [4.78, 5) is 29.9. The quantitative estimate of drug-likeness (QED) is 0.834. The molecule has 132 valence electrons. The number of carbonyl (C=O) groups excluding carboxylic acids is 2. The molecule has 0 unspecified atom stereocenters. The first kappa shape index (κ1) is 17.5. The van der Waals surface area contributed by atoms with Gasteiger partial charge in [-0.1, -0.05) is 43.8 Å². The van der Waals surface area contributed by atoms with Crippen LogP contribution in [-0.4, -0.2) is 44.7 Å². The Morgan fingerprint density at radius 2 is 2.04 bits per heavy atom. The summed E-state index contributed by atoms with van der Waals surface area (Å²) in [5.74, 6) is 0.190. The Labute approximate surface area is 151 Å². The van der Waals surface area contributed by atoms with Crippen LogP contribution in [0.2, 0.25) is 0 Å². The molecule has 0 spiro atoms. The van der Waals surface area contributed by atoms with Crippen molar-refractivity contribution in [3.8, 4) is 5.69 Å². The predicted octanol–water partition coefficient (Wildman–Crippen LogP) is 3.03. The third-order valence-electron chi connectivity index (χ3n) is 4.18. The number of imidazole rings is 1. The molecule has 2 heterocycles. The summed E-state index contributed by atoms with van der Waals surface area (Å²) in [5, 5.41) is 3.01. The number of nitrogens with one attached hydrogen (secondary N) is 1. The molecular formula is C18H22N4O2S. The van der Waals surface area contributed by atoms with Crippen LogP contribution in [0, 0.1) is 0 Å². The molecule has 1 saturated heterocycles. The van der Waals surface area contributed by atoms with E-state index in [-0.39, 0.29) is 11.9 Å². The Bertz CT molecular complexity index is 787. The fraction of sp³-hybridized carbons (Fsp3) is 0.389. The van der Waals surface area contributed by atoms with Gasteiger partial charge < -0.3 is 5.32 Å². The van der Waals surface area contributed by atoms with Crippen molar-refractivity contribution in [2.75, 3.05) is 13.1 Å². The van der Waals surface area contributed by atoms with E-state index in [9.17, 15) is 9.59 Å². The zero-order valence-electron chi connectivity index (χ0n) is 14.6. The molecule has 7 heteroatoms. The van der Waals surface area contributed by atoms with Gasteiger partial charge in [0.25, 0.3) is 0 Å². The van der Waals surface area contributed by atoms with Crippen molar-refractivity contribution in [2.24, 2.45) is 0 Å². The summed E-state index contributed by atoms with van der Waals surface area (Å²) in [6, 6.07) is 7.88. The lowest BCUT2D eigenvalue weighted by Crippen LogP contribution is -2.39. The van der Waals surface area contributed by atoms with Crippen LogP contribution in [0.3, 0.4) is 0 Å². The number of imide groups is 1. The number of hydrogen-bond acceptors (Lipinski definition) is 4. The van der Waals surface area contributed by atoms with Crippen LogP contribution in [0.4, 0.5) is 4.79 Å². The summed E-state index contributed by atoms with van der Waals surface area (Å²) >= 11 is 1.37. The Morgan fingerprint density at radius 3 is 2.72 bits per heavy atom. The van der Waals surface area contributed by atoms with Gasteiger partial charge in [0, 0.05) is 25.5 Å². The number of amides is 3. The van der Waals surface area contributed by atoms with Crippen molar-refractivity contribution < 1.29 is 9.59 Å². The van der Waals surface area contributed by atoms with Crippen molar-refractivity contribution in [3.63, 3.8) is 0 Å². The number of urea groups is 1. The normalized spacial score (nSPS) is 15.5. The Balaban J connectivity index is 1.83. The van der Waals surface area contributed by atoms with Gasteiger partial charge in [-0.05, 0) is 24.5 Å². The summed E-state index contributed by atoms with van der Waals surface area (Å²) in [6.07, 6.45) is 3.64. The number of nitrogens with zero attached hydrogens (tertiary/aromatic N) is 3. The van der Waals surface area contributed by atoms with Gasteiger partial charge >= 0.3 is 6.03 Å². The first-order chi connectivity index (χ1) is 12.0. The van der Waals surface area contributed by atoms with Crippen molar-refractivity contribution in [2.45, 2.75) is 37.1 Å². The second kappa shape index (κ2) is 7.31. The minimum absolute atomic E-state index is 0.188. The Kier molecular flexibility index (Phi) is 5.13. The average molecular weight is 358 g/mol. The largest absolute Gasteiger partial charge is 0.336 e. The maximum atomic E-state index is 12.5. The van der Waals surface area contributed by atoms with E-state index < -0.39 is 5.25 Å². The molecular weight excluding hydrogens is 336 g/mol. The first-order valence-electron chi connectivity index (χ1n) is 8.37. The molecule has 0 bridgehead atoms. The smallest absolute Gasteiger partial charge is 0.324 e. The van der Waals surface area contributed by atoms with E-state index in [1.165, 1.54) is 22.2 Å². The molecule has 1 fully saturated rings. The van der Waals surface area contributed by atoms with Gasteiger partial charge in [-0.2, -0.15) is 0 Å². The number of hydrogen-bond donors (Lipinski definition) is 1. The van der Waals surface area contributed by atoms with Crippen molar-refractivity contribution in [1.29, 1.82) is 0 Å². The van der Waals surface area contributed by atoms with E-state index >= 15 is 0 Å². The molecule has 6 nitrogen and oxygen atoms in total. The van der Waals surface area contributed by atoms with E-state index in [4.69, 9.17) is 0 Å². The van der Waals surface area contributed by atoms with Crippen molar-refractivity contribution in [1.82, 2.24) is 19.8 Å². The van der Waals surface area contributed by atoms with Crippen LogP contribution >= 0.6 is 11.8 Å². The third-order valence-corrected chi connectivity index (χ3v) is 5.25. The second-order valence-electron chi connectivity index (χ2n) is 6.28. The highest BCUT2D eigenvalue weighted by Crippen LogP contribution is 2.29. The molecule has 1 aromatic heterocycles. The standard InChI is InChI=1S/C18H22N4O2S/c1-12(2)14-6-4-5-7-15(14)21-10-9-20-18(21)25-13(3)16(23)22-11-8-19-17(22)24/h4-7,9-10,12-13H,8,11H2,1-3H3,(H,19,24)/t13-/m0/s1. The number of benzene rings is 1. The Hall–Kier alpha value is -2.28. The predicted molar refractivity (Wildman–Crippen MR) is 98.1 cm³/mol. The van der Waals surface area contributed by atoms with E-state index in [0.29, 0.717) is 19.0 Å². The van der Waals surface area contributed by atoms with Gasteiger partial charge in [0.1, 0.15) is 0 Å². The zero-order chi connectivity index (χ0) is 18.0. The van der Waals surface area contributed by atoms with Gasteiger partial charge in [-0.3, -0.25) is 14.3 Å². The molecule has 1 N–H and O–H groups in total. The summed E-state index contributed by atoms with van der Waals surface area (Å²) in [5.41, 5.74) is 2.29. The number of carbonyl (C=O) groups is 2. The number of para-hydroxylation sites is 1. The molecule has 1 aromatic carbocycles. The van der Waals surface area contributed by atoms with Crippen LogP contribution < -0.4 is 5.32 Å². The fourth-order valence-electron chi connectivity index (χ4n) is 2.87. The average Bonchev–Trinajstić information content (AvgIpc) is 3.23. The van der Waals surface area contributed by atoms with Crippen LogP contribution in [0.5, 0.6) is 0 Å². The maximum Gasteiger partial charge on any atom is 0.324 e. The molecule has 0 radical (unpaired) electrons. The fourth-order valence-corrected chi connectivity index (χ4v) is 3.80. The molecule has 1 aliphatic rings. The highest BCUT2D eigenvalue weighted by molar-refractivity contribution is 8.00. The van der Waals surface area contributed by atoms with Crippen molar-refractivity contribution >= 4 is 23.7 Å². The molecule has 3 amide bonds. The summed E-state index contributed by atoms with van der Waals surface area (Å²) < 4.78 is 2.01. The molecule has 1 aliphatic heterocycles. The first-order valence-corrected chi connectivity index (χ1v) is 9.25. The molecule has 1 atom stereocenters. The summed E-state index contributed by atoms with van der Waals surface area (Å²) in [7, 11) is 0. The van der Waals surface area contributed by atoms with E-state index in [0.717, 1.165) is 10.8 Å². The maximum absolute atomic E-state index is 12.5. The lowest BCUT2D eigenvalue weighted by atomic mass is 10.0.